The first kappa shape index (κ1) is 17.3. The van der Waals surface area contributed by atoms with Crippen LogP contribution in [0.4, 0.5) is 0 Å². The molecular weight excluding hydrogens is 320 g/mol. The minimum absolute atomic E-state index is 0.154. The second-order valence-corrected chi connectivity index (χ2v) is 7.63. The number of nitrogens with zero attached hydrogens (tertiary/aromatic N) is 2. The monoisotopic (exact) mass is 348 g/mol. The number of amides is 1. The maximum Gasteiger partial charge on any atom is 0.254 e. The summed E-state index contributed by atoms with van der Waals surface area (Å²) in [6.07, 6.45) is 6.31. The van der Waals surface area contributed by atoms with Crippen LogP contribution in [0, 0.1) is 0 Å². The van der Waals surface area contributed by atoms with Gasteiger partial charge < -0.3 is 4.90 Å². The Morgan fingerprint density at radius 3 is 2.23 bits per heavy atom. The maximum atomic E-state index is 12.9. The second-order valence-electron chi connectivity index (χ2n) is 7.63. The lowest BCUT2D eigenvalue weighted by molar-refractivity contribution is 0.0734. The molecule has 3 nitrogen and oxygen atoms in total. The summed E-state index contributed by atoms with van der Waals surface area (Å²) in [6.45, 7) is 4.95. The molecule has 2 heterocycles. The molecule has 0 atom stereocenters. The van der Waals surface area contributed by atoms with E-state index >= 15 is 0 Å². The maximum absolute atomic E-state index is 12.9. The van der Waals surface area contributed by atoms with Gasteiger partial charge >= 0.3 is 0 Å². The van der Waals surface area contributed by atoms with Gasteiger partial charge in [0.2, 0.25) is 0 Å². The SMILES string of the molecule is O=C(c1ccc(CN2CCCCCC2)cc1)N1CCc2ccccc2C1. The average molecular weight is 348 g/mol. The van der Waals surface area contributed by atoms with Crippen molar-refractivity contribution in [1.82, 2.24) is 9.80 Å². The van der Waals surface area contributed by atoms with Gasteiger partial charge in [-0.2, -0.15) is 0 Å². The van der Waals surface area contributed by atoms with Gasteiger partial charge in [0, 0.05) is 25.2 Å². The molecule has 3 heteroatoms. The molecule has 4 rings (SSSR count). The van der Waals surface area contributed by atoms with E-state index in [9.17, 15) is 4.79 Å². The Kier molecular flexibility index (Phi) is 5.35. The van der Waals surface area contributed by atoms with E-state index in [1.807, 2.05) is 17.0 Å². The fourth-order valence-corrected chi connectivity index (χ4v) is 4.16. The van der Waals surface area contributed by atoms with Gasteiger partial charge in [-0.15, -0.1) is 0 Å². The predicted molar refractivity (Wildman–Crippen MR) is 105 cm³/mol. The molecule has 0 spiro atoms. The van der Waals surface area contributed by atoms with Crippen molar-refractivity contribution in [2.75, 3.05) is 19.6 Å². The van der Waals surface area contributed by atoms with Gasteiger partial charge in [0.1, 0.15) is 0 Å². The topological polar surface area (TPSA) is 23.6 Å². The number of hydrogen-bond donors (Lipinski definition) is 0. The van der Waals surface area contributed by atoms with Crippen molar-refractivity contribution >= 4 is 5.91 Å². The summed E-state index contributed by atoms with van der Waals surface area (Å²) in [5.41, 5.74) is 4.78. The number of hydrogen-bond acceptors (Lipinski definition) is 2. The third-order valence-corrected chi connectivity index (χ3v) is 5.72. The van der Waals surface area contributed by atoms with Crippen molar-refractivity contribution in [3.05, 3.63) is 70.8 Å². The minimum atomic E-state index is 0.154. The number of carbonyl (C=O) groups is 1. The third-order valence-electron chi connectivity index (χ3n) is 5.72. The molecular formula is C23H28N2O. The van der Waals surface area contributed by atoms with Gasteiger partial charge in [-0.3, -0.25) is 9.69 Å². The van der Waals surface area contributed by atoms with E-state index in [0.717, 1.165) is 31.6 Å². The van der Waals surface area contributed by atoms with Gasteiger partial charge in [-0.1, -0.05) is 49.2 Å². The van der Waals surface area contributed by atoms with Gasteiger partial charge in [0.25, 0.3) is 5.91 Å². The standard InChI is InChI=1S/C23H28N2O/c26-23(25-16-13-20-7-3-4-8-22(20)18-25)21-11-9-19(10-12-21)17-24-14-5-1-2-6-15-24/h3-4,7-12H,1-2,5-6,13-18H2. The third kappa shape index (κ3) is 3.99. The Bertz CT molecular complexity index is 745. The largest absolute Gasteiger partial charge is 0.334 e. The van der Waals surface area contributed by atoms with Crippen LogP contribution in [0.5, 0.6) is 0 Å². The van der Waals surface area contributed by atoms with Crippen molar-refractivity contribution < 1.29 is 4.79 Å². The molecule has 26 heavy (non-hydrogen) atoms. The average Bonchev–Trinajstić information content (AvgIpc) is 2.96. The molecule has 0 aromatic heterocycles. The molecule has 1 amide bonds. The van der Waals surface area contributed by atoms with Crippen LogP contribution in [0.2, 0.25) is 0 Å². The second kappa shape index (κ2) is 8.05. The van der Waals surface area contributed by atoms with E-state index in [0.29, 0.717) is 0 Å². The summed E-state index contributed by atoms with van der Waals surface area (Å²) < 4.78 is 0. The Hall–Kier alpha value is -2.13. The Labute approximate surface area is 156 Å². The number of fused-ring (bicyclic) bond motifs is 1. The van der Waals surface area contributed by atoms with Crippen LogP contribution in [0.3, 0.4) is 0 Å². The van der Waals surface area contributed by atoms with E-state index in [-0.39, 0.29) is 5.91 Å². The van der Waals surface area contributed by atoms with Crippen LogP contribution >= 0.6 is 0 Å². The normalized spacial score (nSPS) is 18.2. The van der Waals surface area contributed by atoms with Crippen molar-refractivity contribution in [3.8, 4) is 0 Å². The summed E-state index contributed by atoms with van der Waals surface area (Å²) >= 11 is 0. The highest BCUT2D eigenvalue weighted by Gasteiger charge is 2.21. The van der Waals surface area contributed by atoms with E-state index in [1.165, 1.54) is 55.5 Å². The predicted octanol–water partition coefficient (Wildman–Crippen LogP) is 4.26. The molecule has 2 aromatic carbocycles. The molecule has 2 aliphatic rings. The van der Waals surface area contributed by atoms with Crippen LogP contribution in [-0.2, 0) is 19.5 Å². The summed E-state index contributed by atoms with van der Waals surface area (Å²) in [5.74, 6) is 0.154. The zero-order chi connectivity index (χ0) is 17.8. The Morgan fingerprint density at radius 1 is 0.808 bits per heavy atom. The smallest absolute Gasteiger partial charge is 0.254 e. The zero-order valence-electron chi connectivity index (χ0n) is 15.5. The molecule has 1 saturated heterocycles. The first-order chi connectivity index (χ1) is 12.8. The van der Waals surface area contributed by atoms with Crippen LogP contribution < -0.4 is 0 Å². The van der Waals surface area contributed by atoms with Crippen LogP contribution in [0.1, 0.15) is 52.7 Å². The summed E-state index contributed by atoms with van der Waals surface area (Å²) in [6, 6.07) is 16.7. The molecule has 0 N–H and O–H groups in total. The fraction of sp³-hybridized carbons (Fsp3) is 0.435. The molecule has 0 aliphatic carbocycles. The van der Waals surface area contributed by atoms with Crippen LogP contribution in [0.15, 0.2) is 48.5 Å². The molecule has 136 valence electrons. The molecule has 0 bridgehead atoms. The van der Waals surface area contributed by atoms with E-state index in [2.05, 4.69) is 41.3 Å². The van der Waals surface area contributed by atoms with Gasteiger partial charge in [-0.25, -0.2) is 0 Å². The molecule has 0 unspecified atom stereocenters. The highest BCUT2D eigenvalue weighted by atomic mass is 16.2. The molecule has 0 radical (unpaired) electrons. The fourth-order valence-electron chi connectivity index (χ4n) is 4.16. The van der Waals surface area contributed by atoms with E-state index in [4.69, 9.17) is 0 Å². The highest BCUT2D eigenvalue weighted by Crippen LogP contribution is 2.21. The first-order valence-electron chi connectivity index (χ1n) is 9.97. The molecule has 1 fully saturated rings. The zero-order valence-corrected chi connectivity index (χ0v) is 15.5. The van der Waals surface area contributed by atoms with Crippen LogP contribution in [0.25, 0.3) is 0 Å². The first-order valence-corrected chi connectivity index (χ1v) is 9.97. The van der Waals surface area contributed by atoms with Crippen molar-refractivity contribution in [2.24, 2.45) is 0 Å². The van der Waals surface area contributed by atoms with Crippen LogP contribution in [-0.4, -0.2) is 35.3 Å². The molecule has 2 aliphatic heterocycles. The van der Waals surface area contributed by atoms with Gasteiger partial charge in [0.05, 0.1) is 0 Å². The Morgan fingerprint density at radius 2 is 1.50 bits per heavy atom. The minimum Gasteiger partial charge on any atom is -0.334 e. The lowest BCUT2D eigenvalue weighted by Gasteiger charge is -2.29. The Balaban J connectivity index is 1.39. The summed E-state index contributed by atoms with van der Waals surface area (Å²) in [5, 5.41) is 0. The van der Waals surface area contributed by atoms with Crippen molar-refractivity contribution in [1.29, 1.82) is 0 Å². The number of carbonyl (C=O) groups excluding carboxylic acids is 1. The lowest BCUT2D eigenvalue weighted by atomic mass is 9.99. The van der Waals surface area contributed by atoms with E-state index < -0.39 is 0 Å². The molecule has 2 aromatic rings. The summed E-state index contributed by atoms with van der Waals surface area (Å²) in [7, 11) is 0. The van der Waals surface area contributed by atoms with Gasteiger partial charge in [-0.05, 0) is 61.2 Å². The molecule has 0 saturated carbocycles. The number of benzene rings is 2. The van der Waals surface area contributed by atoms with Gasteiger partial charge in [0.15, 0.2) is 0 Å². The number of likely N-dealkylation sites (tertiary alicyclic amines) is 1. The van der Waals surface area contributed by atoms with Crippen molar-refractivity contribution in [3.63, 3.8) is 0 Å². The lowest BCUT2D eigenvalue weighted by Crippen LogP contribution is -2.35. The quantitative estimate of drug-likeness (QED) is 0.827. The number of rotatable bonds is 3. The summed E-state index contributed by atoms with van der Waals surface area (Å²) in [4.78, 5) is 17.4. The van der Waals surface area contributed by atoms with E-state index in [1.54, 1.807) is 0 Å². The van der Waals surface area contributed by atoms with Crippen molar-refractivity contribution in [2.45, 2.75) is 45.2 Å². The highest BCUT2D eigenvalue weighted by molar-refractivity contribution is 5.94.